The van der Waals surface area contributed by atoms with Gasteiger partial charge in [-0.2, -0.15) is 0 Å². The molecule has 4 aliphatic rings. The third kappa shape index (κ3) is 6.38. The third-order valence-electron chi connectivity index (χ3n) is 18.2. The summed E-state index contributed by atoms with van der Waals surface area (Å²) in [7, 11) is 0. The SMILES string of the molecule is CC(C)(C)c1ccc2c(c1)C1(c3ccccc3-c3ccc(-c4ccc(N(c5ccccc5-c5cccc6c5-c5ccccc5C6(C)C)c5cccc6c5C(C)(C)c5ccccc5-6)cc4)cc31)c1cc(C(C)(C)C)ccc1-2. The van der Waals surface area contributed by atoms with Gasteiger partial charge in [-0.1, -0.05) is 251 Å². The number of benzene rings is 10. The molecule has 0 N–H and O–H groups in total. The molecule has 1 spiro atoms. The summed E-state index contributed by atoms with van der Waals surface area (Å²) in [5.41, 5.74) is 31.9. The van der Waals surface area contributed by atoms with Gasteiger partial charge in [-0.25, -0.2) is 0 Å². The van der Waals surface area contributed by atoms with Crippen LogP contribution in [0.3, 0.4) is 0 Å². The van der Waals surface area contributed by atoms with Crippen LogP contribution in [0.2, 0.25) is 0 Å². The molecule has 0 saturated heterocycles. The lowest BCUT2D eigenvalue weighted by Gasteiger charge is -2.34. The molecule has 370 valence electrons. The highest BCUT2D eigenvalue weighted by Gasteiger charge is 2.52. The molecule has 0 radical (unpaired) electrons. The second-order valence-electron chi connectivity index (χ2n) is 25.2. The van der Waals surface area contributed by atoms with Gasteiger partial charge in [0.05, 0.1) is 16.8 Å². The first-order valence-electron chi connectivity index (χ1n) is 27.5. The first-order valence-corrected chi connectivity index (χ1v) is 27.5. The van der Waals surface area contributed by atoms with Crippen LogP contribution in [0.25, 0.3) is 66.8 Å². The molecule has 0 amide bonds. The third-order valence-corrected chi connectivity index (χ3v) is 18.2. The average Bonchev–Trinajstić information content (AvgIpc) is 4.19. The maximum absolute atomic E-state index is 2.57. The minimum absolute atomic E-state index is 0.0104. The summed E-state index contributed by atoms with van der Waals surface area (Å²) in [5.74, 6) is 0. The molecule has 4 aliphatic carbocycles. The summed E-state index contributed by atoms with van der Waals surface area (Å²) in [6.07, 6.45) is 0. The van der Waals surface area contributed by atoms with Crippen molar-refractivity contribution in [3.05, 3.63) is 268 Å². The van der Waals surface area contributed by atoms with Crippen LogP contribution in [0.4, 0.5) is 17.1 Å². The van der Waals surface area contributed by atoms with Crippen molar-refractivity contribution in [3.8, 4) is 66.8 Å². The largest absolute Gasteiger partial charge is 0.310 e. The van der Waals surface area contributed by atoms with Gasteiger partial charge in [0.1, 0.15) is 0 Å². The molecule has 0 atom stereocenters. The van der Waals surface area contributed by atoms with Gasteiger partial charge in [0.25, 0.3) is 0 Å². The number of hydrogen-bond donors (Lipinski definition) is 0. The van der Waals surface area contributed by atoms with Crippen LogP contribution in [0.5, 0.6) is 0 Å². The zero-order valence-electron chi connectivity index (χ0n) is 45.7. The average molecular weight is 980 g/mol. The van der Waals surface area contributed by atoms with Crippen molar-refractivity contribution >= 4 is 17.1 Å². The monoisotopic (exact) mass is 980 g/mol. The van der Waals surface area contributed by atoms with Crippen LogP contribution in [0, 0.1) is 0 Å². The quantitative estimate of drug-likeness (QED) is 0.166. The number of hydrogen-bond acceptors (Lipinski definition) is 1. The van der Waals surface area contributed by atoms with E-state index >= 15 is 0 Å². The van der Waals surface area contributed by atoms with Crippen molar-refractivity contribution < 1.29 is 0 Å². The van der Waals surface area contributed by atoms with Gasteiger partial charge in [0.15, 0.2) is 0 Å². The molecule has 0 heterocycles. The lowest BCUT2D eigenvalue weighted by atomic mass is 9.68. The van der Waals surface area contributed by atoms with E-state index < -0.39 is 5.41 Å². The van der Waals surface area contributed by atoms with Crippen LogP contribution >= 0.6 is 0 Å². The second kappa shape index (κ2) is 16.0. The zero-order valence-corrected chi connectivity index (χ0v) is 45.7. The van der Waals surface area contributed by atoms with Crippen LogP contribution in [0.1, 0.15) is 125 Å². The Balaban J connectivity index is 0.967. The molecule has 76 heavy (non-hydrogen) atoms. The minimum atomic E-state index is -0.471. The fraction of sp³-hybridized carbons (Fsp3) is 0.200. The molecule has 10 aromatic carbocycles. The Labute approximate surface area is 450 Å². The summed E-state index contributed by atoms with van der Waals surface area (Å²) in [6.45, 7) is 23.6. The summed E-state index contributed by atoms with van der Waals surface area (Å²) >= 11 is 0. The summed E-state index contributed by atoms with van der Waals surface area (Å²) < 4.78 is 0. The van der Waals surface area contributed by atoms with E-state index in [1.807, 2.05) is 0 Å². The van der Waals surface area contributed by atoms with E-state index in [0.717, 1.165) is 11.4 Å². The highest BCUT2D eigenvalue weighted by atomic mass is 15.1. The van der Waals surface area contributed by atoms with E-state index in [9.17, 15) is 0 Å². The molecule has 0 saturated carbocycles. The molecule has 0 aromatic heterocycles. The Kier molecular flexibility index (Phi) is 9.80. The first kappa shape index (κ1) is 46.5. The molecule has 0 unspecified atom stereocenters. The smallest absolute Gasteiger partial charge is 0.0725 e. The van der Waals surface area contributed by atoms with Crippen molar-refractivity contribution in [2.45, 2.75) is 96.3 Å². The number of fused-ring (bicyclic) bond motifs is 16. The maximum Gasteiger partial charge on any atom is 0.0725 e. The van der Waals surface area contributed by atoms with Gasteiger partial charge in [-0.05, 0) is 158 Å². The topological polar surface area (TPSA) is 3.24 Å². The Morgan fingerprint density at radius 3 is 1.37 bits per heavy atom. The van der Waals surface area contributed by atoms with Gasteiger partial charge < -0.3 is 4.90 Å². The van der Waals surface area contributed by atoms with E-state index in [2.05, 4.69) is 286 Å². The fourth-order valence-corrected chi connectivity index (χ4v) is 14.4. The molecule has 14 rings (SSSR count). The van der Waals surface area contributed by atoms with Gasteiger partial charge in [-0.15, -0.1) is 0 Å². The Morgan fingerprint density at radius 2 is 0.737 bits per heavy atom. The van der Waals surface area contributed by atoms with E-state index in [0.29, 0.717) is 0 Å². The number of nitrogens with zero attached hydrogens (tertiary/aromatic N) is 1. The number of para-hydroxylation sites is 1. The van der Waals surface area contributed by atoms with Gasteiger partial charge in [-0.3, -0.25) is 0 Å². The predicted molar refractivity (Wildman–Crippen MR) is 321 cm³/mol. The molecule has 0 fully saturated rings. The van der Waals surface area contributed by atoms with E-state index in [4.69, 9.17) is 0 Å². The van der Waals surface area contributed by atoms with Gasteiger partial charge in [0, 0.05) is 22.1 Å². The predicted octanol–water partition coefficient (Wildman–Crippen LogP) is 20.0. The molecular weight excluding hydrogens is 915 g/mol. The van der Waals surface area contributed by atoms with Crippen LogP contribution in [-0.2, 0) is 27.1 Å². The summed E-state index contributed by atoms with van der Waals surface area (Å²) in [6, 6.07) is 81.8. The minimum Gasteiger partial charge on any atom is -0.310 e. The van der Waals surface area contributed by atoms with Gasteiger partial charge in [0.2, 0.25) is 0 Å². The zero-order chi connectivity index (χ0) is 52.3. The second-order valence-corrected chi connectivity index (χ2v) is 25.2. The Morgan fingerprint density at radius 1 is 0.303 bits per heavy atom. The van der Waals surface area contributed by atoms with Gasteiger partial charge >= 0.3 is 0 Å². The fourth-order valence-electron chi connectivity index (χ4n) is 14.4. The molecule has 0 bridgehead atoms. The van der Waals surface area contributed by atoms with Crippen molar-refractivity contribution in [2.24, 2.45) is 0 Å². The first-order chi connectivity index (χ1) is 36.5. The lowest BCUT2D eigenvalue weighted by molar-refractivity contribution is 0.586. The summed E-state index contributed by atoms with van der Waals surface area (Å²) in [5, 5.41) is 0. The van der Waals surface area contributed by atoms with Crippen molar-refractivity contribution in [1.29, 1.82) is 0 Å². The Hall–Kier alpha value is -8.00. The molecule has 1 nitrogen and oxygen atoms in total. The van der Waals surface area contributed by atoms with Crippen molar-refractivity contribution in [3.63, 3.8) is 0 Å². The van der Waals surface area contributed by atoms with Crippen molar-refractivity contribution in [1.82, 2.24) is 0 Å². The van der Waals surface area contributed by atoms with Crippen LogP contribution in [-0.4, -0.2) is 0 Å². The maximum atomic E-state index is 2.57. The number of rotatable bonds is 5. The Bertz CT molecular complexity index is 4000. The molecule has 10 aromatic rings. The van der Waals surface area contributed by atoms with E-state index in [-0.39, 0.29) is 21.7 Å². The summed E-state index contributed by atoms with van der Waals surface area (Å²) in [4.78, 5) is 2.57. The lowest BCUT2D eigenvalue weighted by Crippen LogP contribution is -2.27. The van der Waals surface area contributed by atoms with E-state index in [1.54, 1.807) is 0 Å². The number of anilines is 3. The normalized spacial score (nSPS) is 15.3. The van der Waals surface area contributed by atoms with E-state index in [1.165, 1.54) is 128 Å². The van der Waals surface area contributed by atoms with Crippen LogP contribution in [0.15, 0.2) is 212 Å². The van der Waals surface area contributed by atoms with Crippen LogP contribution < -0.4 is 4.90 Å². The standard InChI is InChI=1S/C75H65N/c1-71(2,3)48-36-41-54-55-42-37-49(72(4,5)6)45-66(55)75(65(54)44-48)62-29-17-12-21-51(62)53-40-35-47(43-64(53)75)46-33-38-50(39-34-46)76(68-32-20-26-58-52-22-11-15-27-60(52)74(9,10)70(58)68)67-31-18-14-23-56(67)57-25-19-30-63-69(57)59-24-13-16-28-61(59)73(63,7)8/h11-45H,1-10H3. The molecular formula is C75H65N. The van der Waals surface area contributed by atoms with Crippen molar-refractivity contribution in [2.75, 3.05) is 4.90 Å². The molecule has 0 aliphatic heterocycles. The highest BCUT2D eigenvalue weighted by molar-refractivity contribution is 6.01. The highest BCUT2D eigenvalue weighted by Crippen LogP contribution is 2.64. The molecule has 1 heteroatoms.